The molecule has 2 nitrogen and oxygen atoms in total. The second-order valence-electron chi connectivity index (χ2n) is 2.27. The number of hydroxylamine groups is 2. The molecule has 1 rings (SSSR count). The fraction of sp³-hybridized carbons (Fsp3) is 0.250. The molecule has 0 atom stereocenters. The summed E-state index contributed by atoms with van der Waals surface area (Å²) in [5, 5.41) is 1.63. The van der Waals surface area contributed by atoms with Crippen molar-refractivity contribution in [2.24, 2.45) is 0 Å². The molecule has 10 heavy (non-hydrogen) atoms. The fourth-order valence-electron chi connectivity index (χ4n) is 0.678. The van der Waals surface area contributed by atoms with Crippen molar-refractivity contribution in [2.45, 2.75) is 13.8 Å². The van der Waals surface area contributed by atoms with Crippen LogP contribution >= 0.6 is 0 Å². The van der Waals surface area contributed by atoms with Gasteiger partial charge in [-0.05, 0) is 26.0 Å². The average molecular weight is 137 g/mol. The zero-order valence-electron chi connectivity index (χ0n) is 6.29. The average Bonchev–Trinajstić information content (AvgIpc) is 1.88. The van der Waals surface area contributed by atoms with Crippen LogP contribution in [0.5, 0.6) is 0 Å². The molecule has 0 saturated carbocycles. The second-order valence-corrected chi connectivity index (χ2v) is 2.27. The van der Waals surface area contributed by atoms with E-state index in [0.717, 1.165) is 11.5 Å². The predicted molar refractivity (Wildman–Crippen MR) is 40.6 cm³/mol. The highest BCUT2D eigenvalue weighted by Gasteiger charge is 2.03. The van der Waals surface area contributed by atoms with Crippen molar-refractivity contribution in [1.82, 2.24) is 5.06 Å². The summed E-state index contributed by atoms with van der Waals surface area (Å²) in [7, 11) is 0. The van der Waals surface area contributed by atoms with Gasteiger partial charge in [0.15, 0.2) is 0 Å². The molecule has 0 aromatic heterocycles. The third kappa shape index (κ3) is 1.41. The molecule has 0 saturated heterocycles. The Bertz CT molecular complexity index is 203. The molecule has 0 N–H and O–H groups in total. The topological polar surface area (TPSA) is 12.5 Å². The molecule has 0 unspecified atom stereocenters. The third-order valence-corrected chi connectivity index (χ3v) is 1.17. The minimum atomic E-state index is 0.878. The quantitative estimate of drug-likeness (QED) is 0.549. The van der Waals surface area contributed by atoms with E-state index in [1.165, 1.54) is 0 Å². The monoisotopic (exact) mass is 137 g/mol. The normalized spacial score (nSPS) is 16.2. The zero-order valence-corrected chi connectivity index (χ0v) is 6.29. The van der Waals surface area contributed by atoms with E-state index >= 15 is 0 Å². The maximum absolute atomic E-state index is 5.26. The summed E-state index contributed by atoms with van der Waals surface area (Å²) in [6.07, 6.45) is 5.66. The third-order valence-electron chi connectivity index (χ3n) is 1.17. The van der Waals surface area contributed by atoms with E-state index < -0.39 is 0 Å². The van der Waals surface area contributed by atoms with Crippen molar-refractivity contribution in [1.29, 1.82) is 0 Å². The van der Waals surface area contributed by atoms with Gasteiger partial charge in [-0.25, -0.2) is 0 Å². The summed E-state index contributed by atoms with van der Waals surface area (Å²) in [6.45, 7) is 7.53. The molecule has 0 bridgehead atoms. The van der Waals surface area contributed by atoms with Gasteiger partial charge in [0.1, 0.15) is 5.76 Å². The highest BCUT2D eigenvalue weighted by molar-refractivity contribution is 5.11. The van der Waals surface area contributed by atoms with Gasteiger partial charge in [0, 0.05) is 11.9 Å². The highest BCUT2D eigenvalue weighted by atomic mass is 16.7. The Morgan fingerprint density at radius 2 is 2.40 bits per heavy atom. The molecule has 54 valence electrons. The lowest BCUT2D eigenvalue weighted by molar-refractivity contribution is -0.0455. The van der Waals surface area contributed by atoms with Crippen LogP contribution in [0.25, 0.3) is 0 Å². The fourth-order valence-corrected chi connectivity index (χ4v) is 0.678. The predicted octanol–water partition coefficient (Wildman–Crippen LogP) is 2.18. The molecule has 0 spiro atoms. The molecule has 0 aromatic rings. The molecular formula is C8H11NO. The summed E-state index contributed by atoms with van der Waals surface area (Å²) < 4.78 is 0. The Hall–Kier alpha value is -1.18. The van der Waals surface area contributed by atoms with Crippen LogP contribution in [0.3, 0.4) is 0 Å². The van der Waals surface area contributed by atoms with Gasteiger partial charge in [-0.1, -0.05) is 6.58 Å². The van der Waals surface area contributed by atoms with Gasteiger partial charge in [0.05, 0.1) is 0 Å². The van der Waals surface area contributed by atoms with Crippen LogP contribution in [0, 0.1) is 0 Å². The van der Waals surface area contributed by atoms with Crippen molar-refractivity contribution < 1.29 is 4.84 Å². The van der Waals surface area contributed by atoms with Crippen molar-refractivity contribution >= 4 is 0 Å². The number of rotatable bonds is 1. The Morgan fingerprint density at radius 1 is 1.70 bits per heavy atom. The first-order valence-electron chi connectivity index (χ1n) is 3.18. The van der Waals surface area contributed by atoms with Crippen LogP contribution in [0.15, 0.2) is 36.4 Å². The van der Waals surface area contributed by atoms with E-state index in [1.807, 2.05) is 32.2 Å². The van der Waals surface area contributed by atoms with Crippen molar-refractivity contribution in [3.8, 4) is 0 Å². The first-order chi connectivity index (χ1) is 4.70. The first kappa shape index (κ1) is 6.93. The summed E-state index contributed by atoms with van der Waals surface area (Å²) in [5.74, 6) is 0.880. The first-order valence-corrected chi connectivity index (χ1v) is 3.18. The standard InChI is InChI=1S/C8H11NO/c1-7(2)9-6-4-5-8(3)10-9/h4-6H,1H2,2-3H3. The van der Waals surface area contributed by atoms with Crippen LogP contribution in [-0.4, -0.2) is 5.06 Å². The lowest BCUT2D eigenvalue weighted by Gasteiger charge is -2.22. The molecule has 0 aromatic carbocycles. The summed E-state index contributed by atoms with van der Waals surface area (Å²) in [5.41, 5.74) is 0.878. The molecule has 1 aliphatic rings. The molecule has 0 radical (unpaired) electrons. The molecule has 1 aliphatic heterocycles. The van der Waals surface area contributed by atoms with E-state index in [4.69, 9.17) is 4.84 Å². The van der Waals surface area contributed by atoms with Gasteiger partial charge in [-0.3, -0.25) is 0 Å². The molecule has 1 heterocycles. The lowest BCUT2D eigenvalue weighted by atomic mass is 10.4. The van der Waals surface area contributed by atoms with Gasteiger partial charge in [0.2, 0.25) is 0 Å². The van der Waals surface area contributed by atoms with Crippen LogP contribution < -0.4 is 0 Å². The van der Waals surface area contributed by atoms with E-state index in [9.17, 15) is 0 Å². The summed E-state index contributed by atoms with van der Waals surface area (Å²) >= 11 is 0. The summed E-state index contributed by atoms with van der Waals surface area (Å²) in [6, 6.07) is 0. The largest absolute Gasteiger partial charge is 0.380 e. The van der Waals surface area contributed by atoms with E-state index in [2.05, 4.69) is 6.58 Å². The molecular weight excluding hydrogens is 126 g/mol. The number of allylic oxidation sites excluding steroid dienone is 4. The maximum atomic E-state index is 5.26. The van der Waals surface area contributed by atoms with Crippen LogP contribution in [-0.2, 0) is 4.84 Å². The van der Waals surface area contributed by atoms with E-state index in [1.54, 1.807) is 5.06 Å². The molecule has 0 aliphatic carbocycles. The van der Waals surface area contributed by atoms with Crippen LogP contribution in [0.1, 0.15) is 13.8 Å². The van der Waals surface area contributed by atoms with E-state index in [0.29, 0.717) is 0 Å². The SMILES string of the molecule is C=C(C)N1C=CC=C(C)O1. The Kier molecular flexibility index (Phi) is 1.81. The van der Waals surface area contributed by atoms with Gasteiger partial charge in [-0.15, -0.1) is 0 Å². The van der Waals surface area contributed by atoms with Gasteiger partial charge in [0.25, 0.3) is 0 Å². The van der Waals surface area contributed by atoms with Crippen molar-refractivity contribution in [2.75, 3.05) is 0 Å². The molecule has 0 fully saturated rings. The van der Waals surface area contributed by atoms with Crippen LogP contribution in [0.2, 0.25) is 0 Å². The van der Waals surface area contributed by atoms with Crippen LogP contribution in [0.4, 0.5) is 0 Å². The molecule has 0 amide bonds. The maximum Gasteiger partial charge on any atom is 0.129 e. The minimum Gasteiger partial charge on any atom is -0.380 e. The summed E-state index contributed by atoms with van der Waals surface area (Å²) in [4.78, 5) is 5.26. The zero-order chi connectivity index (χ0) is 7.56. The van der Waals surface area contributed by atoms with Gasteiger partial charge in [-0.2, -0.15) is 5.06 Å². The Morgan fingerprint density at radius 3 is 2.80 bits per heavy atom. The Labute approximate surface area is 61.0 Å². The van der Waals surface area contributed by atoms with Gasteiger partial charge < -0.3 is 4.84 Å². The smallest absolute Gasteiger partial charge is 0.129 e. The highest BCUT2D eigenvalue weighted by Crippen LogP contribution is 2.12. The Balaban J connectivity index is 2.64. The van der Waals surface area contributed by atoms with Gasteiger partial charge >= 0.3 is 0 Å². The minimum absolute atomic E-state index is 0.878. The number of hydrogen-bond donors (Lipinski definition) is 0. The number of hydrogen-bond acceptors (Lipinski definition) is 2. The van der Waals surface area contributed by atoms with Crippen molar-refractivity contribution in [3.63, 3.8) is 0 Å². The lowest BCUT2D eigenvalue weighted by Crippen LogP contribution is -2.15. The van der Waals surface area contributed by atoms with Crippen molar-refractivity contribution in [3.05, 3.63) is 36.4 Å². The molecule has 2 heteroatoms. The van der Waals surface area contributed by atoms with E-state index in [-0.39, 0.29) is 0 Å². The number of nitrogens with zero attached hydrogens (tertiary/aromatic N) is 1. The second kappa shape index (κ2) is 2.60.